The van der Waals surface area contributed by atoms with E-state index in [1.54, 1.807) is 33.5 Å². The molecule has 27 heavy (non-hydrogen) atoms. The molecule has 0 saturated carbocycles. The highest BCUT2D eigenvalue weighted by Gasteiger charge is 2.15. The van der Waals surface area contributed by atoms with Crippen molar-refractivity contribution in [2.24, 2.45) is 0 Å². The average Bonchev–Trinajstić information content (AvgIpc) is 2.66. The van der Waals surface area contributed by atoms with Crippen LogP contribution in [0.5, 0.6) is 17.2 Å². The monoisotopic (exact) mass is 369 g/mol. The normalized spacial score (nSPS) is 11.9. The second-order valence-corrected chi connectivity index (χ2v) is 6.35. The molecule has 2 rings (SSSR count). The molecule has 1 N–H and O–H groups in total. The third-order valence-corrected chi connectivity index (χ3v) is 4.41. The standard InChI is InChI=1S/C22H27NO4/c1-14-7-8-15(2)18(13-14)16(3)23-20(24)12-10-17-9-11-19(25-4)22(27-6)21(17)26-5/h7-13,16H,1-6H3,(H,23,24)/b12-10+/t16-/m0/s1. The van der Waals surface area contributed by atoms with Crippen molar-refractivity contribution in [1.29, 1.82) is 0 Å². The smallest absolute Gasteiger partial charge is 0.244 e. The summed E-state index contributed by atoms with van der Waals surface area (Å²) in [7, 11) is 4.67. The van der Waals surface area contributed by atoms with Crippen LogP contribution in [0.1, 0.15) is 35.2 Å². The molecule has 144 valence electrons. The van der Waals surface area contributed by atoms with E-state index in [1.807, 2.05) is 26.8 Å². The largest absolute Gasteiger partial charge is 0.493 e. The van der Waals surface area contributed by atoms with Gasteiger partial charge in [0, 0.05) is 11.6 Å². The van der Waals surface area contributed by atoms with E-state index in [1.165, 1.54) is 11.6 Å². The summed E-state index contributed by atoms with van der Waals surface area (Å²) in [5.41, 5.74) is 4.16. The van der Waals surface area contributed by atoms with Crippen LogP contribution in [0.4, 0.5) is 0 Å². The Labute approximate surface area is 161 Å². The van der Waals surface area contributed by atoms with Crippen molar-refractivity contribution in [3.63, 3.8) is 0 Å². The maximum atomic E-state index is 12.4. The highest BCUT2D eigenvalue weighted by atomic mass is 16.5. The summed E-state index contributed by atoms with van der Waals surface area (Å²) in [6, 6.07) is 9.74. The average molecular weight is 369 g/mol. The Balaban J connectivity index is 2.18. The molecule has 0 unspecified atom stereocenters. The molecule has 0 spiro atoms. The third-order valence-electron chi connectivity index (χ3n) is 4.41. The highest BCUT2D eigenvalue weighted by Crippen LogP contribution is 2.40. The number of rotatable bonds is 7. The van der Waals surface area contributed by atoms with Gasteiger partial charge in [-0.05, 0) is 50.1 Å². The lowest BCUT2D eigenvalue weighted by Gasteiger charge is -2.16. The molecule has 0 aliphatic carbocycles. The predicted octanol–water partition coefficient (Wildman–Crippen LogP) is 4.22. The third kappa shape index (κ3) is 4.82. The molecule has 1 amide bonds. The SMILES string of the molecule is COc1ccc(/C=C/C(=O)N[C@@H](C)c2cc(C)ccc2C)c(OC)c1OC. The van der Waals surface area contributed by atoms with Gasteiger partial charge in [0.25, 0.3) is 0 Å². The summed E-state index contributed by atoms with van der Waals surface area (Å²) >= 11 is 0. The van der Waals surface area contributed by atoms with Crippen molar-refractivity contribution >= 4 is 12.0 Å². The van der Waals surface area contributed by atoms with Gasteiger partial charge in [-0.15, -0.1) is 0 Å². The minimum atomic E-state index is -0.180. The number of nitrogens with one attached hydrogen (secondary N) is 1. The van der Waals surface area contributed by atoms with Gasteiger partial charge >= 0.3 is 0 Å². The fraction of sp³-hybridized carbons (Fsp3) is 0.318. The molecule has 5 nitrogen and oxygen atoms in total. The van der Waals surface area contributed by atoms with Crippen LogP contribution in [0.25, 0.3) is 6.08 Å². The Morgan fingerprint density at radius 1 is 1.00 bits per heavy atom. The summed E-state index contributed by atoms with van der Waals surface area (Å²) in [6.07, 6.45) is 3.19. The Hall–Kier alpha value is -2.95. The minimum Gasteiger partial charge on any atom is -0.493 e. The summed E-state index contributed by atoms with van der Waals surface area (Å²) in [5.74, 6) is 1.40. The first-order valence-corrected chi connectivity index (χ1v) is 8.76. The highest BCUT2D eigenvalue weighted by molar-refractivity contribution is 5.92. The molecular formula is C22H27NO4. The summed E-state index contributed by atoms with van der Waals surface area (Å²) in [5, 5.41) is 3.00. The molecule has 5 heteroatoms. The summed E-state index contributed by atoms with van der Waals surface area (Å²) in [6.45, 7) is 6.06. The molecule has 0 saturated heterocycles. The quantitative estimate of drug-likeness (QED) is 0.743. The van der Waals surface area contributed by atoms with Gasteiger partial charge in [-0.3, -0.25) is 4.79 Å². The van der Waals surface area contributed by atoms with Crippen molar-refractivity contribution in [3.8, 4) is 17.2 Å². The number of ether oxygens (including phenoxy) is 3. The Bertz CT molecular complexity index is 842. The second kappa shape index (κ2) is 9.12. The van der Waals surface area contributed by atoms with Crippen LogP contribution in [0.3, 0.4) is 0 Å². The lowest BCUT2D eigenvalue weighted by Crippen LogP contribution is -2.25. The van der Waals surface area contributed by atoms with Crippen LogP contribution < -0.4 is 19.5 Å². The van der Waals surface area contributed by atoms with E-state index in [0.29, 0.717) is 17.2 Å². The first-order valence-electron chi connectivity index (χ1n) is 8.76. The van der Waals surface area contributed by atoms with Crippen LogP contribution in [0, 0.1) is 13.8 Å². The Morgan fingerprint density at radius 2 is 1.70 bits per heavy atom. The van der Waals surface area contributed by atoms with Crippen LogP contribution >= 0.6 is 0 Å². The van der Waals surface area contributed by atoms with Crippen molar-refractivity contribution in [1.82, 2.24) is 5.32 Å². The number of carbonyl (C=O) groups is 1. The van der Waals surface area contributed by atoms with Gasteiger partial charge in [-0.25, -0.2) is 0 Å². The second-order valence-electron chi connectivity index (χ2n) is 6.35. The van der Waals surface area contributed by atoms with Crippen LogP contribution in [0.2, 0.25) is 0 Å². The van der Waals surface area contributed by atoms with Crippen molar-refractivity contribution in [2.75, 3.05) is 21.3 Å². The molecular weight excluding hydrogens is 342 g/mol. The van der Waals surface area contributed by atoms with Crippen LogP contribution in [0.15, 0.2) is 36.4 Å². The molecule has 0 aliphatic heterocycles. The van der Waals surface area contributed by atoms with E-state index in [2.05, 4.69) is 23.5 Å². The van der Waals surface area contributed by atoms with E-state index in [0.717, 1.165) is 16.7 Å². The minimum absolute atomic E-state index is 0.0886. The van der Waals surface area contributed by atoms with Gasteiger partial charge < -0.3 is 19.5 Å². The maximum Gasteiger partial charge on any atom is 0.244 e. The number of carbonyl (C=O) groups excluding carboxylic acids is 1. The van der Waals surface area contributed by atoms with E-state index in [4.69, 9.17) is 14.2 Å². The van der Waals surface area contributed by atoms with Crippen molar-refractivity contribution in [3.05, 3.63) is 58.7 Å². The molecule has 1 atom stereocenters. The Morgan fingerprint density at radius 3 is 2.33 bits per heavy atom. The lowest BCUT2D eigenvalue weighted by atomic mass is 10.00. The van der Waals surface area contributed by atoms with Crippen molar-refractivity contribution < 1.29 is 19.0 Å². The molecule has 0 bridgehead atoms. The van der Waals surface area contributed by atoms with Gasteiger partial charge in [0.15, 0.2) is 11.5 Å². The van der Waals surface area contributed by atoms with Crippen LogP contribution in [-0.4, -0.2) is 27.2 Å². The lowest BCUT2D eigenvalue weighted by molar-refractivity contribution is -0.117. The topological polar surface area (TPSA) is 56.8 Å². The van der Waals surface area contributed by atoms with Gasteiger partial charge in [0.2, 0.25) is 11.7 Å². The molecule has 0 heterocycles. The molecule has 2 aromatic carbocycles. The summed E-state index contributed by atoms with van der Waals surface area (Å²) in [4.78, 5) is 12.4. The van der Waals surface area contributed by atoms with Gasteiger partial charge in [0.05, 0.1) is 27.4 Å². The van der Waals surface area contributed by atoms with E-state index in [9.17, 15) is 4.79 Å². The maximum absolute atomic E-state index is 12.4. The molecule has 0 radical (unpaired) electrons. The zero-order valence-electron chi connectivity index (χ0n) is 16.8. The predicted molar refractivity (Wildman–Crippen MR) is 108 cm³/mol. The Kier molecular flexibility index (Phi) is 6.88. The van der Waals surface area contributed by atoms with Gasteiger partial charge in [0.1, 0.15) is 0 Å². The fourth-order valence-corrected chi connectivity index (χ4v) is 2.99. The first-order chi connectivity index (χ1) is 12.9. The number of benzene rings is 2. The number of methoxy groups -OCH3 is 3. The number of amides is 1. The fourth-order valence-electron chi connectivity index (χ4n) is 2.99. The van der Waals surface area contributed by atoms with Gasteiger partial charge in [-0.1, -0.05) is 23.8 Å². The van der Waals surface area contributed by atoms with E-state index < -0.39 is 0 Å². The van der Waals surface area contributed by atoms with E-state index >= 15 is 0 Å². The first kappa shape index (κ1) is 20.4. The summed E-state index contributed by atoms with van der Waals surface area (Å²) < 4.78 is 16.1. The zero-order chi connectivity index (χ0) is 20.0. The molecule has 0 aromatic heterocycles. The number of aryl methyl sites for hydroxylation is 2. The van der Waals surface area contributed by atoms with Gasteiger partial charge in [-0.2, -0.15) is 0 Å². The van der Waals surface area contributed by atoms with Crippen molar-refractivity contribution in [2.45, 2.75) is 26.8 Å². The van der Waals surface area contributed by atoms with Crippen LogP contribution in [-0.2, 0) is 4.79 Å². The number of hydrogen-bond donors (Lipinski definition) is 1. The molecule has 2 aromatic rings. The molecule has 0 fully saturated rings. The molecule has 0 aliphatic rings. The zero-order valence-corrected chi connectivity index (χ0v) is 16.8. The van der Waals surface area contributed by atoms with E-state index in [-0.39, 0.29) is 11.9 Å². The number of hydrogen-bond acceptors (Lipinski definition) is 4.